The summed E-state index contributed by atoms with van der Waals surface area (Å²) in [7, 11) is 2.02. The lowest BCUT2D eigenvalue weighted by molar-refractivity contribution is 0.671. The molecule has 0 radical (unpaired) electrons. The summed E-state index contributed by atoms with van der Waals surface area (Å²) in [6, 6.07) is 8.46. The van der Waals surface area contributed by atoms with Crippen molar-refractivity contribution in [2.75, 3.05) is 0 Å². The second kappa shape index (κ2) is 5.67. The van der Waals surface area contributed by atoms with Gasteiger partial charge in [-0.05, 0) is 31.7 Å². The number of halogens is 1. The molecule has 2 aromatic rings. The standard InChI is InChI=1S/C14H19BrN2/c1-3-11(15)7-6-9-13-12-8-4-5-10-14(12)17(2)16-13/h4-5,8,10-11H,3,6-7,9H2,1-2H3. The molecule has 0 aliphatic heterocycles. The summed E-state index contributed by atoms with van der Waals surface area (Å²) in [6.07, 6.45) is 4.69. The summed E-state index contributed by atoms with van der Waals surface area (Å²) < 4.78 is 1.98. The monoisotopic (exact) mass is 294 g/mol. The zero-order valence-corrected chi connectivity index (χ0v) is 12.1. The molecule has 17 heavy (non-hydrogen) atoms. The van der Waals surface area contributed by atoms with Gasteiger partial charge in [-0.3, -0.25) is 4.68 Å². The second-order valence-electron chi connectivity index (χ2n) is 4.49. The van der Waals surface area contributed by atoms with E-state index < -0.39 is 0 Å². The normalized spacial score (nSPS) is 13.1. The van der Waals surface area contributed by atoms with E-state index in [1.807, 2.05) is 11.7 Å². The minimum Gasteiger partial charge on any atom is -0.268 e. The van der Waals surface area contributed by atoms with Gasteiger partial charge in [0.1, 0.15) is 0 Å². The summed E-state index contributed by atoms with van der Waals surface area (Å²) >= 11 is 3.68. The smallest absolute Gasteiger partial charge is 0.0703 e. The summed E-state index contributed by atoms with van der Waals surface area (Å²) in [6.45, 7) is 2.22. The fraction of sp³-hybridized carbons (Fsp3) is 0.500. The molecule has 0 aliphatic carbocycles. The first kappa shape index (κ1) is 12.6. The van der Waals surface area contributed by atoms with Crippen LogP contribution in [-0.4, -0.2) is 14.6 Å². The number of fused-ring (bicyclic) bond motifs is 1. The van der Waals surface area contributed by atoms with Crippen LogP contribution in [0.1, 0.15) is 31.9 Å². The van der Waals surface area contributed by atoms with Crippen molar-refractivity contribution in [3.05, 3.63) is 30.0 Å². The maximum absolute atomic E-state index is 4.61. The van der Waals surface area contributed by atoms with Gasteiger partial charge in [-0.15, -0.1) is 0 Å². The lowest BCUT2D eigenvalue weighted by Gasteiger charge is -2.04. The Balaban J connectivity index is 2.09. The van der Waals surface area contributed by atoms with E-state index in [9.17, 15) is 0 Å². The Labute approximate surface area is 111 Å². The minimum atomic E-state index is 0.650. The maximum atomic E-state index is 4.61. The van der Waals surface area contributed by atoms with Crippen LogP contribution in [0.3, 0.4) is 0 Å². The number of aromatic nitrogens is 2. The summed E-state index contributed by atoms with van der Waals surface area (Å²) in [4.78, 5) is 0.650. The molecule has 0 amide bonds. The van der Waals surface area contributed by atoms with E-state index >= 15 is 0 Å². The topological polar surface area (TPSA) is 17.8 Å². The number of alkyl halides is 1. The molecule has 1 heterocycles. The number of aryl methyl sites for hydroxylation is 2. The molecule has 0 aliphatic rings. The van der Waals surface area contributed by atoms with E-state index in [2.05, 4.69) is 52.2 Å². The van der Waals surface area contributed by atoms with Gasteiger partial charge in [0.2, 0.25) is 0 Å². The molecule has 1 atom stereocenters. The van der Waals surface area contributed by atoms with Crippen molar-refractivity contribution in [2.45, 2.75) is 37.4 Å². The third kappa shape index (κ3) is 2.89. The number of para-hydroxylation sites is 1. The first-order valence-corrected chi connectivity index (χ1v) is 7.18. The highest BCUT2D eigenvalue weighted by molar-refractivity contribution is 9.09. The van der Waals surface area contributed by atoms with Crippen LogP contribution >= 0.6 is 15.9 Å². The summed E-state index contributed by atoms with van der Waals surface area (Å²) in [5, 5.41) is 5.92. The molecule has 1 unspecified atom stereocenters. The molecule has 1 aromatic carbocycles. The molecule has 0 fully saturated rings. The molecule has 0 bridgehead atoms. The van der Waals surface area contributed by atoms with E-state index in [0.29, 0.717) is 4.83 Å². The van der Waals surface area contributed by atoms with E-state index in [1.54, 1.807) is 0 Å². The van der Waals surface area contributed by atoms with E-state index in [-0.39, 0.29) is 0 Å². The van der Waals surface area contributed by atoms with Gasteiger partial charge in [0.05, 0.1) is 11.2 Å². The molecular weight excluding hydrogens is 276 g/mol. The van der Waals surface area contributed by atoms with Gasteiger partial charge in [-0.25, -0.2) is 0 Å². The predicted octanol–water partition coefficient (Wildman–Crippen LogP) is 4.07. The number of hydrogen-bond acceptors (Lipinski definition) is 1. The van der Waals surface area contributed by atoms with Crippen molar-refractivity contribution in [1.29, 1.82) is 0 Å². The highest BCUT2D eigenvalue weighted by Crippen LogP contribution is 2.20. The minimum absolute atomic E-state index is 0.650. The van der Waals surface area contributed by atoms with Crippen LogP contribution in [0.15, 0.2) is 24.3 Å². The van der Waals surface area contributed by atoms with Gasteiger partial charge >= 0.3 is 0 Å². The largest absolute Gasteiger partial charge is 0.268 e. The van der Waals surface area contributed by atoms with Crippen LogP contribution in [0, 0.1) is 0 Å². The van der Waals surface area contributed by atoms with Gasteiger partial charge in [-0.1, -0.05) is 41.1 Å². The van der Waals surface area contributed by atoms with Gasteiger partial charge < -0.3 is 0 Å². The Kier molecular flexibility index (Phi) is 4.21. The van der Waals surface area contributed by atoms with Crippen LogP contribution in [-0.2, 0) is 13.5 Å². The Morgan fingerprint density at radius 2 is 2.12 bits per heavy atom. The Bertz CT molecular complexity index is 490. The molecule has 2 nitrogen and oxygen atoms in total. The number of hydrogen-bond donors (Lipinski definition) is 0. The highest BCUT2D eigenvalue weighted by Gasteiger charge is 2.08. The molecule has 0 saturated heterocycles. The molecule has 1 aromatic heterocycles. The molecule has 92 valence electrons. The first-order valence-electron chi connectivity index (χ1n) is 6.27. The maximum Gasteiger partial charge on any atom is 0.0703 e. The zero-order chi connectivity index (χ0) is 12.3. The van der Waals surface area contributed by atoms with Gasteiger partial charge in [0, 0.05) is 17.3 Å². The van der Waals surface area contributed by atoms with E-state index in [4.69, 9.17) is 0 Å². The van der Waals surface area contributed by atoms with Crippen molar-refractivity contribution < 1.29 is 0 Å². The SMILES string of the molecule is CCC(Br)CCCc1nn(C)c2ccccc12. The van der Waals surface area contributed by atoms with Crippen molar-refractivity contribution in [3.63, 3.8) is 0 Å². The van der Waals surface area contributed by atoms with Crippen molar-refractivity contribution >= 4 is 26.8 Å². The first-order chi connectivity index (χ1) is 8.22. The van der Waals surface area contributed by atoms with E-state index in [1.165, 1.54) is 35.9 Å². The lowest BCUT2D eigenvalue weighted by Crippen LogP contribution is -1.97. The van der Waals surface area contributed by atoms with Crippen LogP contribution in [0.5, 0.6) is 0 Å². The molecule has 0 N–H and O–H groups in total. The van der Waals surface area contributed by atoms with Crippen LogP contribution < -0.4 is 0 Å². The molecule has 3 heteroatoms. The zero-order valence-electron chi connectivity index (χ0n) is 10.5. The fourth-order valence-corrected chi connectivity index (χ4v) is 2.49. The van der Waals surface area contributed by atoms with Gasteiger partial charge in [-0.2, -0.15) is 5.10 Å². The predicted molar refractivity (Wildman–Crippen MR) is 76.7 cm³/mol. The van der Waals surface area contributed by atoms with Gasteiger partial charge in [0.25, 0.3) is 0 Å². The summed E-state index contributed by atoms with van der Waals surface area (Å²) in [5.41, 5.74) is 2.47. The average molecular weight is 295 g/mol. The van der Waals surface area contributed by atoms with Crippen molar-refractivity contribution in [3.8, 4) is 0 Å². The Morgan fingerprint density at radius 3 is 2.88 bits per heavy atom. The number of nitrogens with zero attached hydrogens (tertiary/aromatic N) is 2. The third-order valence-corrected chi connectivity index (χ3v) is 4.31. The molecule has 2 rings (SSSR count). The van der Waals surface area contributed by atoms with Crippen LogP contribution in [0.25, 0.3) is 10.9 Å². The average Bonchev–Trinajstić information content (AvgIpc) is 2.67. The van der Waals surface area contributed by atoms with Crippen LogP contribution in [0.2, 0.25) is 0 Å². The number of rotatable bonds is 5. The molecular formula is C14H19BrN2. The molecule has 0 spiro atoms. The van der Waals surface area contributed by atoms with Crippen molar-refractivity contribution in [2.24, 2.45) is 7.05 Å². The van der Waals surface area contributed by atoms with E-state index in [0.717, 1.165) is 6.42 Å². The fourth-order valence-electron chi connectivity index (χ4n) is 2.17. The van der Waals surface area contributed by atoms with Crippen molar-refractivity contribution in [1.82, 2.24) is 9.78 Å². The number of benzene rings is 1. The van der Waals surface area contributed by atoms with Gasteiger partial charge in [0.15, 0.2) is 0 Å². The Morgan fingerprint density at radius 1 is 1.35 bits per heavy atom. The summed E-state index contributed by atoms with van der Waals surface area (Å²) in [5.74, 6) is 0. The lowest BCUT2D eigenvalue weighted by atomic mass is 10.1. The third-order valence-electron chi connectivity index (χ3n) is 3.21. The quantitative estimate of drug-likeness (QED) is 0.760. The molecule has 0 saturated carbocycles. The highest BCUT2D eigenvalue weighted by atomic mass is 79.9. The Hall–Kier alpha value is -0.830. The van der Waals surface area contributed by atoms with Crippen LogP contribution in [0.4, 0.5) is 0 Å². The second-order valence-corrected chi connectivity index (χ2v) is 5.78.